The molecule has 0 unspecified atom stereocenters. The van der Waals surface area contributed by atoms with Crippen molar-refractivity contribution in [1.82, 2.24) is 9.27 Å². The summed E-state index contributed by atoms with van der Waals surface area (Å²) in [6, 6.07) is 8.00. The topological polar surface area (TPSA) is 45.7 Å². The molecule has 1 aromatic heterocycles. The number of carbonyl (C=O) groups is 1. The first-order valence-corrected chi connectivity index (χ1v) is 8.12. The lowest BCUT2D eigenvalue weighted by molar-refractivity contribution is 0.0746. The van der Waals surface area contributed by atoms with E-state index in [1.807, 2.05) is 35.4 Å². The fourth-order valence-corrected chi connectivity index (χ4v) is 3.40. The Hall–Kier alpha value is -2.08. The van der Waals surface area contributed by atoms with Crippen molar-refractivity contribution in [1.29, 1.82) is 0 Å². The summed E-state index contributed by atoms with van der Waals surface area (Å²) in [4.78, 5) is 16.7. The molecular formula is C16H19N3O2S. The van der Waals surface area contributed by atoms with Crippen LogP contribution in [0, 0.1) is 6.92 Å². The molecular weight excluding hydrogens is 298 g/mol. The predicted molar refractivity (Wildman–Crippen MR) is 88.0 cm³/mol. The number of nitrogens with zero attached hydrogens (tertiary/aromatic N) is 3. The highest BCUT2D eigenvalue weighted by Crippen LogP contribution is 2.28. The molecule has 0 spiro atoms. The van der Waals surface area contributed by atoms with Crippen molar-refractivity contribution in [3.63, 3.8) is 0 Å². The van der Waals surface area contributed by atoms with Crippen molar-refractivity contribution < 1.29 is 9.53 Å². The molecule has 0 aliphatic carbocycles. The summed E-state index contributed by atoms with van der Waals surface area (Å²) in [7, 11) is 1.69. The number of hydrogen-bond acceptors (Lipinski definition) is 5. The lowest BCUT2D eigenvalue weighted by Gasteiger charge is -2.36. The number of amides is 1. The molecule has 116 valence electrons. The molecule has 5 nitrogen and oxygen atoms in total. The Morgan fingerprint density at radius 1 is 1.23 bits per heavy atom. The molecule has 6 heteroatoms. The summed E-state index contributed by atoms with van der Waals surface area (Å²) in [6.07, 6.45) is 0. The second kappa shape index (κ2) is 6.36. The van der Waals surface area contributed by atoms with Gasteiger partial charge in [-0.05, 0) is 30.6 Å². The molecule has 1 aromatic carbocycles. The van der Waals surface area contributed by atoms with Gasteiger partial charge in [0.15, 0.2) is 0 Å². The van der Waals surface area contributed by atoms with Gasteiger partial charge in [0, 0.05) is 31.6 Å². The summed E-state index contributed by atoms with van der Waals surface area (Å²) in [5.41, 5.74) is 2.64. The zero-order valence-electron chi connectivity index (χ0n) is 12.8. The van der Waals surface area contributed by atoms with Crippen molar-refractivity contribution in [3.05, 3.63) is 40.9 Å². The van der Waals surface area contributed by atoms with Crippen molar-refractivity contribution in [2.24, 2.45) is 0 Å². The lowest BCUT2D eigenvalue weighted by atomic mass is 10.2. The largest absolute Gasteiger partial charge is 0.495 e. The average Bonchev–Trinajstić information content (AvgIpc) is 3.00. The molecule has 2 heterocycles. The molecule has 1 aliphatic rings. The Bertz CT molecular complexity index is 663. The number of anilines is 1. The molecule has 0 N–H and O–H groups in total. The van der Waals surface area contributed by atoms with Crippen LogP contribution in [0.5, 0.6) is 5.75 Å². The van der Waals surface area contributed by atoms with Crippen LogP contribution in [-0.4, -0.2) is 48.5 Å². The van der Waals surface area contributed by atoms with Crippen LogP contribution in [0.2, 0.25) is 0 Å². The zero-order valence-corrected chi connectivity index (χ0v) is 13.6. The Balaban J connectivity index is 1.68. The molecule has 1 saturated heterocycles. The predicted octanol–water partition coefficient (Wildman–Crippen LogP) is 2.42. The molecule has 1 aliphatic heterocycles. The van der Waals surface area contributed by atoms with Gasteiger partial charge in [-0.25, -0.2) is 0 Å². The van der Waals surface area contributed by atoms with Crippen LogP contribution in [0.1, 0.15) is 16.1 Å². The van der Waals surface area contributed by atoms with Crippen LogP contribution in [-0.2, 0) is 0 Å². The second-order valence-electron chi connectivity index (χ2n) is 5.26. The average molecular weight is 317 g/mol. The lowest BCUT2D eigenvalue weighted by Crippen LogP contribution is -2.49. The molecule has 0 saturated carbocycles. The minimum atomic E-state index is 0.0888. The van der Waals surface area contributed by atoms with Crippen LogP contribution < -0.4 is 9.64 Å². The minimum absolute atomic E-state index is 0.0888. The first-order chi connectivity index (χ1) is 10.7. The van der Waals surface area contributed by atoms with E-state index in [1.54, 1.807) is 7.11 Å². The van der Waals surface area contributed by atoms with E-state index in [4.69, 9.17) is 4.74 Å². The fourth-order valence-electron chi connectivity index (χ4n) is 2.71. The van der Waals surface area contributed by atoms with E-state index in [2.05, 4.69) is 15.3 Å². The monoisotopic (exact) mass is 317 g/mol. The first kappa shape index (κ1) is 14.8. The number of ether oxygens (including phenoxy) is 1. The summed E-state index contributed by atoms with van der Waals surface area (Å²) < 4.78 is 9.60. The van der Waals surface area contributed by atoms with Gasteiger partial charge in [-0.3, -0.25) is 4.79 Å². The third-order valence-corrected chi connectivity index (χ3v) is 4.69. The third-order valence-electron chi connectivity index (χ3n) is 3.97. The van der Waals surface area contributed by atoms with Gasteiger partial charge in [0.05, 0.1) is 24.1 Å². The van der Waals surface area contributed by atoms with E-state index in [0.717, 1.165) is 35.8 Å². The maximum atomic E-state index is 12.5. The Morgan fingerprint density at radius 3 is 2.59 bits per heavy atom. The standard InChI is InChI=1S/C16H19N3O2S/c1-12-13(11-22-17-12)16(20)19-9-7-18(8-10-19)14-5-3-4-6-15(14)21-2/h3-6,11H,7-10H2,1-2H3. The highest BCUT2D eigenvalue weighted by atomic mass is 32.1. The van der Waals surface area contributed by atoms with Crippen LogP contribution in [0.15, 0.2) is 29.6 Å². The van der Waals surface area contributed by atoms with E-state index >= 15 is 0 Å². The van der Waals surface area contributed by atoms with Gasteiger partial charge in [-0.15, -0.1) is 0 Å². The van der Waals surface area contributed by atoms with Gasteiger partial charge in [0.1, 0.15) is 5.75 Å². The van der Waals surface area contributed by atoms with Crippen molar-refractivity contribution in [2.45, 2.75) is 6.92 Å². The van der Waals surface area contributed by atoms with Crippen LogP contribution >= 0.6 is 11.5 Å². The molecule has 1 amide bonds. The van der Waals surface area contributed by atoms with Gasteiger partial charge in [0.2, 0.25) is 0 Å². The normalized spacial score (nSPS) is 15.0. The van der Waals surface area contributed by atoms with E-state index in [0.29, 0.717) is 13.1 Å². The number of hydrogen-bond donors (Lipinski definition) is 0. The highest BCUT2D eigenvalue weighted by Gasteiger charge is 2.25. The van der Waals surface area contributed by atoms with Crippen molar-refractivity contribution >= 4 is 23.1 Å². The van der Waals surface area contributed by atoms with Crippen molar-refractivity contribution in [3.8, 4) is 5.75 Å². The van der Waals surface area contributed by atoms with E-state index in [-0.39, 0.29) is 5.91 Å². The number of aromatic nitrogens is 1. The Labute approximate surface area is 134 Å². The molecule has 1 fully saturated rings. The summed E-state index contributed by atoms with van der Waals surface area (Å²) in [5, 5.41) is 1.84. The van der Waals surface area contributed by atoms with Gasteiger partial charge < -0.3 is 14.5 Å². The summed E-state index contributed by atoms with van der Waals surface area (Å²) in [6.45, 7) is 4.93. The summed E-state index contributed by atoms with van der Waals surface area (Å²) in [5.74, 6) is 0.964. The third kappa shape index (κ3) is 2.78. The van der Waals surface area contributed by atoms with Gasteiger partial charge >= 0.3 is 0 Å². The number of para-hydroxylation sites is 2. The van der Waals surface area contributed by atoms with Crippen LogP contribution in [0.4, 0.5) is 5.69 Å². The molecule has 0 atom stereocenters. The number of methoxy groups -OCH3 is 1. The number of carbonyl (C=O) groups excluding carboxylic acids is 1. The smallest absolute Gasteiger partial charge is 0.256 e. The zero-order chi connectivity index (χ0) is 15.5. The molecule has 22 heavy (non-hydrogen) atoms. The van der Waals surface area contributed by atoms with Gasteiger partial charge in [0.25, 0.3) is 5.91 Å². The number of benzene rings is 1. The van der Waals surface area contributed by atoms with E-state index in [1.165, 1.54) is 11.5 Å². The minimum Gasteiger partial charge on any atom is -0.495 e. The van der Waals surface area contributed by atoms with Gasteiger partial charge in [-0.2, -0.15) is 4.37 Å². The maximum absolute atomic E-state index is 12.5. The quantitative estimate of drug-likeness (QED) is 0.872. The number of aryl methyl sites for hydroxylation is 1. The fraction of sp³-hybridized carbons (Fsp3) is 0.375. The number of piperazine rings is 1. The second-order valence-corrected chi connectivity index (χ2v) is 5.89. The molecule has 0 radical (unpaired) electrons. The van der Waals surface area contributed by atoms with E-state index < -0.39 is 0 Å². The maximum Gasteiger partial charge on any atom is 0.256 e. The Kier molecular flexibility index (Phi) is 4.29. The molecule has 2 aromatic rings. The van der Waals surface area contributed by atoms with Crippen LogP contribution in [0.3, 0.4) is 0 Å². The van der Waals surface area contributed by atoms with Crippen molar-refractivity contribution in [2.75, 3.05) is 38.2 Å². The number of rotatable bonds is 3. The Morgan fingerprint density at radius 2 is 1.95 bits per heavy atom. The summed E-state index contributed by atoms with van der Waals surface area (Å²) >= 11 is 1.34. The first-order valence-electron chi connectivity index (χ1n) is 7.29. The van der Waals surface area contributed by atoms with E-state index in [9.17, 15) is 4.79 Å². The van der Waals surface area contributed by atoms with Crippen LogP contribution in [0.25, 0.3) is 0 Å². The van der Waals surface area contributed by atoms with Gasteiger partial charge in [-0.1, -0.05) is 12.1 Å². The highest BCUT2D eigenvalue weighted by molar-refractivity contribution is 7.03. The molecule has 3 rings (SSSR count). The SMILES string of the molecule is COc1ccccc1N1CCN(C(=O)c2csnc2C)CC1. The molecule has 0 bridgehead atoms.